The predicted molar refractivity (Wildman–Crippen MR) is 68.4 cm³/mol. The van der Waals surface area contributed by atoms with Crippen molar-refractivity contribution in [3.8, 4) is 0 Å². The van der Waals surface area contributed by atoms with E-state index in [1.54, 1.807) is 25.1 Å². The molecule has 3 rings (SSSR count). The summed E-state index contributed by atoms with van der Waals surface area (Å²) in [4.78, 5) is 0. The smallest absolute Gasteiger partial charge is 0.140 e. The molecule has 98 valence electrons. The van der Waals surface area contributed by atoms with Crippen LogP contribution in [-0.4, -0.2) is 5.11 Å². The Kier molecular flexibility index (Phi) is 2.68. The second kappa shape index (κ2) is 4.24. The van der Waals surface area contributed by atoms with E-state index >= 15 is 0 Å². The molecule has 0 bridgehead atoms. The molecule has 2 heterocycles. The number of furan rings is 2. The fourth-order valence-electron chi connectivity index (χ4n) is 2.24. The van der Waals surface area contributed by atoms with Crippen LogP contribution in [0.1, 0.15) is 28.9 Å². The van der Waals surface area contributed by atoms with Gasteiger partial charge in [0.1, 0.15) is 34.8 Å². The van der Waals surface area contributed by atoms with Crippen molar-refractivity contribution in [3.63, 3.8) is 0 Å². The van der Waals surface area contributed by atoms with Crippen LogP contribution in [0.25, 0.3) is 11.0 Å². The summed E-state index contributed by atoms with van der Waals surface area (Å²) in [6, 6.07) is 7.67. The van der Waals surface area contributed by atoms with Gasteiger partial charge in [0.25, 0.3) is 0 Å². The van der Waals surface area contributed by atoms with Crippen molar-refractivity contribution >= 4 is 11.0 Å². The van der Waals surface area contributed by atoms with E-state index in [-0.39, 0.29) is 5.82 Å². The number of fused-ring (bicyclic) bond motifs is 1. The third kappa shape index (κ3) is 2.04. The molecule has 1 N–H and O–H groups in total. The van der Waals surface area contributed by atoms with Gasteiger partial charge < -0.3 is 13.9 Å². The first-order chi connectivity index (χ1) is 9.04. The normalized spacial score (nSPS) is 13.1. The Morgan fingerprint density at radius 3 is 2.58 bits per heavy atom. The summed E-state index contributed by atoms with van der Waals surface area (Å²) in [5.74, 6) is 1.43. The Hall–Kier alpha value is -2.07. The fourth-order valence-corrected chi connectivity index (χ4v) is 2.24. The van der Waals surface area contributed by atoms with Gasteiger partial charge in [0.2, 0.25) is 0 Å². The first-order valence-corrected chi connectivity index (χ1v) is 5.98. The molecule has 0 radical (unpaired) electrons. The zero-order valence-electron chi connectivity index (χ0n) is 10.6. The molecule has 0 aliphatic heterocycles. The van der Waals surface area contributed by atoms with Crippen molar-refractivity contribution in [1.29, 1.82) is 0 Å². The summed E-state index contributed by atoms with van der Waals surface area (Å²) in [5, 5.41) is 10.9. The Balaban J connectivity index is 2.06. The van der Waals surface area contributed by atoms with Gasteiger partial charge in [-0.1, -0.05) is 0 Å². The predicted octanol–water partition coefficient (Wildman–Crippen LogP) is 3.86. The molecule has 0 spiro atoms. The lowest BCUT2D eigenvalue weighted by atomic mass is 10.1. The fraction of sp³-hybridized carbons (Fsp3) is 0.200. The zero-order chi connectivity index (χ0) is 13.6. The second-order valence-corrected chi connectivity index (χ2v) is 4.60. The molecule has 0 saturated carbocycles. The van der Waals surface area contributed by atoms with Crippen molar-refractivity contribution < 1.29 is 18.3 Å². The minimum atomic E-state index is -0.909. The van der Waals surface area contributed by atoms with Gasteiger partial charge >= 0.3 is 0 Å². The number of halogens is 1. The van der Waals surface area contributed by atoms with Crippen molar-refractivity contribution in [2.45, 2.75) is 20.0 Å². The Morgan fingerprint density at radius 2 is 1.89 bits per heavy atom. The first kappa shape index (κ1) is 12.0. The monoisotopic (exact) mass is 260 g/mol. The van der Waals surface area contributed by atoms with Gasteiger partial charge in [-0.05, 0) is 44.2 Å². The van der Waals surface area contributed by atoms with Crippen LogP contribution in [0, 0.1) is 19.7 Å². The highest BCUT2D eigenvalue weighted by Gasteiger charge is 2.20. The van der Waals surface area contributed by atoms with Crippen LogP contribution in [0.3, 0.4) is 0 Å². The number of hydrogen-bond acceptors (Lipinski definition) is 3. The van der Waals surface area contributed by atoms with Gasteiger partial charge in [-0.15, -0.1) is 0 Å². The maximum Gasteiger partial charge on any atom is 0.140 e. The van der Waals surface area contributed by atoms with Gasteiger partial charge in [0.05, 0.1) is 0 Å². The average molecular weight is 260 g/mol. The van der Waals surface area contributed by atoms with Gasteiger partial charge in [-0.25, -0.2) is 4.39 Å². The van der Waals surface area contributed by atoms with Gasteiger partial charge in [-0.3, -0.25) is 0 Å². The lowest BCUT2D eigenvalue weighted by molar-refractivity contribution is 0.190. The third-order valence-corrected chi connectivity index (χ3v) is 3.14. The highest BCUT2D eigenvalue weighted by Crippen LogP contribution is 2.31. The van der Waals surface area contributed by atoms with E-state index in [0.717, 1.165) is 5.76 Å². The zero-order valence-corrected chi connectivity index (χ0v) is 10.6. The van der Waals surface area contributed by atoms with E-state index in [2.05, 4.69) is 0 Å². The summed E-state index contributed by atoms with van der Waals surface area (Å²) in [6.45, 7) is 3.60. The van der Waals surface area contributed by atoms with Gasteiger partial charge in [0, 0.05) is 10.9 Å². The van der Waals surface area contributed by atoms with E-state index < -0.39 is 6.10 Å². The van der Waals surface area contributed by atoms with Crippen molar-refractivity contribution in [2.24, 2.45) is 0 Å². The Labute approximate surface area is 109 Å². The molecule has 3 aromatic rings. The number of rotatable bonds is 2. The number of benzene rings is 1. The first-order valence-electron chi connectivity index (χ1n) is 5.98. The van der Waals surface area contributed by atoms with E-state index in [1.807, 2.05) is 6.92 Å². The molecule has 0 aliphatic rings. The summed E-state index contributed by atoms with van der Waals surface area (Å²) in [7, 11) is 0. The maximum absolute atomic E-state index is 13.1. The van der Waals surface area contributed by atoms with Crippen LogP contribution in [0.15, 0.2) is 39.2 Å². The van der Waals surface area contributed by atoms with Crippen molar-refractivity contribution in [3.05, 3.63) is 59.0 Å². The largest absolute Gasteiger partial charge is 0.466 e. The molecule has 1 atom stereocenters. The molecule has 1 unspecified atom stereocenters. The number of aliphatic hydroxyl groups excluding tert-OH is 1. The van der Waals surface area contributed by atoms with Gasteiger partial charge in [-0.2, -0.15) is 0 Å². The number of aryl methyl sites for hydroxylation is 2. The molecule has 2 aromatic heterocycles. The highest BCUT2D eigenvalue weighted by atomic mass is 19.1. The molecular weight excluding hydrogens is 247 g/mol. The molecule has 0 amide bonds. The van der Waals surface area contributed by atoms with E-state index in [9.17, 15) is 9.50 Å². The summed E-state index contributed by atoms with van der Waals surface area (Å²) >= 11 is 0. The Bertz CT molecular complexity index is 739. The third-order valence-electron chi connectivity index (χ3n) is 3.14. The quantitative estimate of drug-likeness (QED) is 0.761. The minimum Gasteiger partial charge on any atom is -0.466 e. The van der Waals surface area contributed by atoms with Crippen LogP contribution in [-0.2, 0) is 0 Å². The van der Waals surface area contributed by atoms with E-state index in [4.69, 9.17) is 8.83 Å². The number of aliphatic hydroxyl groups is 1. The molecule has 4 heteroatoms. The molecule has 3 nitrogen and oxygen atoms in total. The van der Waals surface area contributed by atoms with Crippen LogP contribution in [0.4, 0.5) is 4.39 Å². The van der Waals surface area contributed by atoms with Crippen molar-refractivity contribution in [2.75, 3.05) is 0 Å². The molecular formula is C15H13FO3. The summed E-state index contributed by atoms with van der Waals surface area (Å²) in [6.07, 6.45) is -0.909. The second-order valence-electron chi connectivity index (χ2n) is 4.60. The number of hydrogen-bond donors (Lipinski definition) is 1. The minimum absolute atomic E-state index is 0.329. The highest BCUT2D eigenvalue weighted by molar-refractivity contribution is 5.78. The topological polar surface area (TPSA) is 46.5 Å². The molecule has 1 aromatic carbocycles. The summed E-state index contributed by atoms with van der Waals surface area (Å²) < 4.78 is 24.1. The molecule has 0 fully saturated rings. The van der Waals surface area contributed by atoms with Crippen LogP contribution in [0.2, 0.25) is 0 Å². The maximum atomic E-state index is 13.1. The standard InChI is InChI=1S/C15H13FO3/c1-8-5-12(9(2)18-8)15(17)14-7-10-6-11(16)3-4-13(10)19-14/h3-7,15,17H,1-2H3. The lowest BCUT2D eigenvalue weighted by Gasteiger charge is -2.05. The van der Waals surface area contributed by atoms with Crippen molar-refractivity contribution in [1.82, 2.24) is 0 Å². The van der Waals surface area contributed by atoms with Crippen LogP contribution >= 0.6 is 0 Å². The van der Waals surface area contributed by atoms with E-state index in [0.29, 0.717) is 28.1 Å². The van der Waals surface area contributed by atoms with E-state index in [1.165, 1.54) is 12.1 Å². The Morgan fingerprint density at radius 1 is 1.11 bits per heavy atom. The van der Waals surface area contributed by atoms with Crippen LogP contribution in [0.5, 0.6) is 0 Å². The van der Waals surface area contributed by atoms with Gasteiger partial charge in [0.15, 0.2) is 0 Å². The summed E-state index contributed by atoms with van der Waals surface area (Å²) in [5.41, 5.74) is 1.21. The SMILES string of the molecule is Cc1cc(C(O)c2cc3cc(F)ccc3o2)c(C)o1. The lowest BCUT2D eigenvalue weighted by Crippen LogP contribution is -1.97. The molecule has 19 heavy (non-hydrogen) atoms. The molecule has 0 saturated heterocycles. The molecule has 0 aliphatic carbocycles. The average Bonchev–Trinajstić information content (AvgIpc) is 2.91. The van der Waals surface area contributed by atoms with Crippen LogP contribution < -0.4 is 0 Å².